The Hall–Kier alpha value is -1.76. The molecule has 0 aromatic heterocycles. The smallest absolute Gasteiger partial charge is 0.389 e. The number of ether oxygens (including phenoxy) is 12. The highest BCUT2D eigenvalue weighted by Gasteiger charge is 2.64. The molecule has 0 bridgehead atoms. The largest absolute Gasteiger partial charge is 0.397 e. The Kier molecular flexibility index (Phi) is 23.1. The molecule has 9 fully saturated rings. The zero-order chi connectivity index (χ0) is 68.9. The second kappa shape index (κ2) is 28.9. The van der Waals surface area contributed by atoms with Gasteiger partial charge in [0, 0.05) is 12.3 Å². The van der Waals surface area contributed by atoms with Gasteiger partial charge >= 0.3 is 10.4 Å². The minimum absolute atomic E-state index is 0.00925. The van der Waals surface area contributed by atoms with Gasteiger partial charge in [0.15, 0.2) is 37.7 Å². The molecule has 3 saturated carbocycles. The molecule has 32 heteroatoms. The van der Waals surface area contributed by atoms with Gasteiger partial charge in [-0.3, -0.25) is 9.35 Å². The fourth-order valence-electron chi connectivity index (χ4n) is 16.9. The Labute approximate surface area is 546 Å². The summed E-state index contributed by atoms with van der Waals surface area (Å²) in [5.41, 5.74) is -1.33. The fourth-order valence-corrected chi connectivity index (χ4v) is 17.4. The number of aliphatic hydroxyl groups excluding tert-OH is 13. The number of ketones is 1. The molecule has 10 rings (SSSR count). The normalized spacial score (nSPS) is 52.0. The standard InChI is InChI=1S/C62H102O31S/c1-22(2)23(3)33(63)19-62(10,77)37-12-11-30-29-18-35(32-17-28(93-94(78,79)80)13-15-60(32,8)31(29)14-16-61(30,37)9)87-56-48(75)51(41(68)26(6)84-56)90-58-52(91-55-47(74)44(71)38(65)24(4)83-55)43(70)36(21-82-58)88-59-53(45(72)39(66)25(5)86-59)92-57-49(76)50(40(67)27(7)85-57)89-54-46(73)42(69)34(64)20-81-54/h14,22-30,32,34-59,64-77H,11-13,15-21H2,1-10H3,(H,78,79,80). The van der Waals surface area contributed by atoms with Crippen molar-refractivity contribution >= 4 is 16.2 Å². The van der Waals surface area contributed by atoms with Gasteiger partial charge in [-0.05, 0) is 120 Å². The monoisotopic (exact) mass is 1370 g/mol. The van der Waals surface area contributed by atoms with E-state index in [1.165, 1.54) is 27.7 Å². The third kappa shape index (κ3) is 14.7. The Morgan fingerprint density at radius 2 is 1.06 bits per heavy atom. The van der Waals surface area contributed by atoms with Crippen LogP contribution in [0.3, 0.4) is 0 Å². The third-order valence-electron chi connectivity index (χ3n) is 22.8. The number of hydrogen-bond acceptors (Lipinski definition) is 30. The minimum atomic E-state index is -4.90. The summed E-state index contributed by atoms with van der Waals surface area (Å²) in [5, 5.41) is 158. The first kappa shape index (κ1) is 74.9. The van der Waals surface area contributed by atoms with E-state index in [2.05, 4.69) is 19.9 Å². The van der Waals surface area contributed by atoms with Crippen molar-refractivity contribution < 1.29 is 150 Å². The van der Waals surface area contributed by atoms with E-state index in [1.54, 1.807) is 6.92 Å². The van der Waals surface area contributed by atoms with Crippen LogP contribution in [0, 0.1) is 46.3 Å². The molecule has 6 heterocycles. The summed E-state index contributed by atoms with van der Waals surface area (Å²) >= 11 is 0. The molecule has 4 aliphatic carbocycles. The summed E-state index contributed by atoms with van der Waals surface area (Å²) in [5.74, 6) is -1.16. The van der Waals surface area contributed by atoms with Crippen LogP contribution in [0.4, 0.5) is 0 Å². The molecule has 10 aliphatic rings. The molecule has 38 atom stereocenters. The molecule has 542 valence electrons. The van der Waals surface area contributed by atoms with Crippen LogP contribution in [-0.2, 0) is 76.2 Å². The molecule has 6 saturated heterocycles. The Morgan fingerprint density at radius 3 is 1.66 bits per heavy atom. The highest BCUT2D eigenvalue weighted by molar-refractivity contribution is 7.80. The van der Waals surface area contributed by atoms with Crippen LogP contribution in [-0.4, -0.2) is 293 Å². The van der Waals surface area contributed by atoms with Crippen molar-refractivity contribution in [1.29, 1.82) is 0 Å². The SMILES string of the molecule is CC(C)C(C)C(=O)CC(C)(O)C1CCC2C3CC(OC4OC(C)C(O)C(OC5OCC(OC6OC(C)C(O)C(O)C6OC6OC(C)C(O)C(OC7OCC(O)C(O)C7O)C6O)C(O)C5OC5OC(C)C(O)C(O)C5O)C4O)C4CC(OS(=O)(=O)O)CCC4(C)C3=CCC21C. The first-order chi connectivity index (χ1) is 43.9. The maximum Gasteiger partial charge on any atom is 0.397 e. The molecule has 15 N–H and O–H groups in total. The molecule has 0 radical (unpaired) electrons. The molecule has 0 aromatic rings. The average Bonchev–Trinajstić information content (AvgIpc) is 1.34. The van der Waals surface area contributed by atoms with E-state index >= 15 is 0 Å². The quantitative estimate of drug-likeness (QED) is 0.0454. The van der Waals surface area contributed by atoms with Crippen molar-refractivity contribution in [3.05, 3.63) is 11.6 Å². The molecular weight excluding hydrogens is 1270 g/mol. The highest BCUT2D eigenvalue weighted by Crippen LogP contribution is 2.67. The van der Waals surface area contributed by atoms with Crippen molar-refractivity contribution in [3.8, 4) is 0 Å². The van der Waals surface area contributed by atoms with Gasteiger partial charge in [-0.25, -0.2) is 4.18 Å². The molecule has 94 heavy (non-hydrogen) atoms. The predicted octanol–water partition coefficient (Wildman–Crippen LogP) is -2.94. The minimum Gasteiger partial charge on any atom is -0.389 e. The van der Waals surface area contributed by atoms with Crippen LogP contribution in [0.1, 0.15) is 121 Å². The third-order valence-corrected chi connectivity index (χ3v) is 23.3. The van der Waals surface area contributed by atoms with Crippen LogP contribution in [0.25, 0.3) is 0 Å². The van der Waals surface area contributed by atoms with E-state index in [-0.39, 0.29) is 54.6 Å². The van der Waals surface area contributed by atoms with E-state index in [1.807, 2.05) is 20.8 Å². The fraction of sp³-hybridized carbons (Fsp3) is 0.952. The molecule has 38 unspecified atom stereocenters. The lowest BCUT2D eigenvalue weighted by Crippen LogP contribution is -2.67. The van der Waals surface area contributed by atoms with Gasteiger partial charge in [0.2, 0.25) is 0 Å². The lowest BCUT2D eigenvalue weighted by atomic mass is 9.47. The predicted molar refractivity (Wildman–Crippen MR) is 315 cm³/mol. The Bertz CT molecular complexity index is 2710. The van der Waals surface area contributed by atoms with E-state index in [9.17, 15) is 89.3 Å². The van der Waals surface area contributed by atoms with Crippen molar-refractivity contribution in [3.63, 3.8) is 0 Å². The van der Waals surface area contributed by atoms with Gasteiger partial charge in [0.25, 0.3) is 0 Å². The molecule has 6 aliphatic heterocycles. The maximum atomic E-state index is 13.6. The maximum absolute atomic E-state index is 13.6. The van der Waals surface area contributed by atoms with Gasteiger partial charge in [-0.1, -0.05) is 46.3 Å². The Balaban J connectivity index is 0.899. The topological polar surface area (TPSA) is 475 Å². The number of Topliss-reactive ketones (excluding diaryl/α,β-unsaturated/α-hetero) is 1. The van der Waals surface area contributed by atoms with Crippen LogP contribution in [0.5, 0.6) is 0 Å². The zero-order valence-corrected chi connectivity index (χ0v) is 55.4. The summed E-state index contributed by atoms with van der Waals surface area (Å²) in [7, 11) is -4.90. The number of aliphatic hydroxyl groups is 14. The summed E-state index contributed by atoms with van der Waals surface area (Å²) in [6, 6.07) is 0. The molecule has 0 amide bonds. The average molecular weight is 1380 g/mol. The van der Waals surface area contributed by atoms with Gasteiger partial charge in [-0.15, -0.1) is 0 Å². The van der Waals surface area contributed by atoms with Crippen molar-refractivity contribution in [2.24, 2.45) is 46.3 Å². The number of carbonyl (C=O) groups excluding carboxylic acids is 1. The van der Waals surface area contributed by atoms with Gasteiger partial charge in [0.05, 0.1) is 55.4 Å². The van der Waals surface area contributed by atoms with Crippen molar-refractivity contribution in [1.82, 2.24) is 0 Å². The summed E-state index contributed by atoms with van der Waals surface area (Å²) in [4.78, 5) is 13.6. The molecule has 0 aromatic carbocycles. The number of fused-ring (bicyclic) bond motifs is 5. The number of carbonyl (C=O) groups is 1. The first-order valence-corrected chi connectivity index (χ1v) is 34.5. The van der Waals surface area contributed by atoms with Gasteiger partial charge in [-0.2, -0.15) is 8.42 Å². The summed E-state index contributed by atoms with van der Waals surface area (Å²) < 4.78 is 113. The van der Waals surface area contributed by atoms with E-state index in [0.717, 1.165) is 5.57 Å². The van der Waals surface area contributed by atoms with Crippen LogP contribution < -0.4 is 0 Å². The number of rotatable bonds is 19. The van der Waals surface area contributed by atoms with Crippen LogP contribution >= 0.6 is 0 Å². The van der Waals surface area contributed by atoms with Gasteiger partial charge in [0.1, 0.15) is 116 Å². The first-order valence-electron chi connectivity index (χ1n) is 33.1. The summed E-state index contributed by atoms with van der Waals surface area (Å²) in [6.45, 7) is 16.3. The second-order valence-electron chi connectivity index (χ2n) is 29.4. The van der Waals surface area contributed by atoms with Gasteiger partial charge < -0.3 is 128 Å². The number of allylic oxidation sites excluding steroid dienone is 2. The van der Waals surface area contributed by atoms with E-state index < -0.39 is 230 Å². The van der Waals surface area contributed by atoms with Crippen LogP contribution in [0.15, 0.2) is 11.6 Å². The molecule has 0 spiro atoms. The van der Waals surface area contributed by atoms with Crippen LogP contribution in [0.2, 0.25) is 0 Å². The lowest BCUT2D eigenvalue weighted by Gasteiger charge is -2.60. The Morgan fingerprint density at radius 1 is 0.564 bits per heavy atom. The van der Waals surface area contributed by atoms with E-state index in [0.29, 0.717) is 32.1 Å². The van der Waals surface area contributed by atoms with Crippen molar-refractivity contribution in [2.45, 2.75) is 310 Å². The highest BCUT2D eigenvalue weighted by atomic mass is 32.3. The second-order valence-corrected chi connectivity index (χ2v) is 30.4. The van der Waals surface area contributed by atoms with Crippen molar-refractivity contribution in [2.75, 3.05) is 13.2 Å². The van der Waals surface area contributed by atoms with E-state index in [4.69, 9.17) is 61.0 Å². The number of hydrogen-bond donors (Lipinski definition) is 15. The lowest BCUT2D eigenvalue weighted by molar-refractivity contribution is -0.400. The zero-order valence-electron chi connectivity index (χ0n) is 54.6. The molecular formula is C62H102O31S. The summed E-state index contributed by atoms with van der Waals surface area (Å²) in [6.07, 6.45) is -44.0. The molecule has 31 nitrogen and oxygen atoms in total.